The molecule has 2 atom stereocenters. The van der Waals surface area contributed by atoms with Crippen LogP contribution in [0.5, 0.6) is 0 Å². The van der Waals surface area contributed by atoms with Gasteiger partial charge in [-0.1, -0.05) is 44.7 Å². The van der Waals surface area contributed by atoms with E-state index in [-0.39, 0.29) is 12.2 Å². The van der Waals surface area contributed by atoms with E-state index in [0.29, 0.717) is 18.8 Å². The fourth-order valence-corrected chi connectivity index (χ4v) is 2.47. The first-order valence-corrected chi connectivity index (χ1v) is 7.56. The standard InChI is InChI=1S/C17H23NO2/c1-2-3-4-5-6-16-12-20-17(13-19-16)15-9-7-14(11-18)8-10-15/h7-10,16-17H,2-6,12-13H2,1H3/t16-,17-/m0/s1. The lowest BCUT2D eigenvalue weighted by Crippen LogP contribution is -2.31. The average molecular weight is 273 g/mol. The van der Waals surface area contributed by atoms with Crippen LogP contribution < -0.4 is 0 Å². The van der Waals surface area contributed by atoms with Gasteiger partial charge in [0.2, 0.25) is 0 Å². The molecule has 1 heterocycles. The Hall–Kier alpha value is -1.37. The van der Waals surface area contributed by atoms with Gasteiger partial charge >= 0.3 is 0 Å². The Morgan fingerprint density at radius 2 is 1.90 bits per heavy atom. The lowest BCUT2D eigenvalue weighted by molar-refractivity contribution is -0.137. The summed E-state index contributed by atoms with van der Waals surface area (Å²) in [6.07, 6.45) is 6.44. The predicted octanol–water partition coefficient (Wildman–Crippen LogP) is 3.99. The minimum absolute atomic E-state index is 0.00892. The maximum atomic E-state index is 8.79. The smallest absolute Gasteiger partial charge is 0.106 e. The highest BCUT2D eigenvalue weighted by Crippen LogP contribution is 2.25. The summed E-state index contributed by atoms with van der Waals surface area (Å²) in [4.78, 5) is 0. The van der Waals surface area contributed by atoms with E-state index in [1.165, 1.54) is 25.7 Å². The average Bonchev–Trinajstić information content (AvgIpc) is 2.52. The molecule has 0 radical (unpaired) electrons. The van der Waals surface area contributed by atoms with Gasteiger partial charge in [-0.15, -0.1) is 0 Å². The number of rotatable bonds is 6. The van der Waals surface area contributed by atoms with Crippen molar-refractivity contribution in [3.63, 3.8) is 0 Å². The normalized spacial score (nSPS) is 22.4. The third kappa shape index (κ3) is 4.33. The summed E-state index contributed by atoms with van der Waals surface area (Å²) in [5.74, 6) is 0. The van der Waals surface area contributed by atoms with Gasteiger partial charge in [0, 0.05) is 0 Å². The zero-order valence-electron chi connectivity index (χ0n) is 12.2. The Kier molecular flexibility index (Phi) is 6.04. The second-order valence-corrected chi connectivity index (χ2v) is 5.36. The first-order valence-electron chi connectivity index (χ1n) is 7.56. The SMILES string of the molecule is CCCCCC[C@H]1CO[C@H](c2ccc(C#N)cc2)CO1. The summed E-state index contributed by atoms with van der Waals surface area (Å²) in [6, 6.07) is 9.69. The molecule has 0 aliphatic carbocycles. The van der Waals surface area contributed by atoms with Gasteiger partial charge in [0.15, 0.2) is 0 Å². The Morgan fingerprint density at radius 3 is 2.50 bits per heavy atom. The van der Waals surface area contributed by atoms with Crippen molar-refractivity contribution in [2.75, 3.05) is 13.2 Å². The number of nitrogens with zero attached hydrogens (tertiary/aromatic N) is 1. The van der Waals surface area contributed by atoms with Gasteiger partial charge in [0.1, 0.15) is 6.10 Å². The molecule has 1 fully saturated rings. The molecule has 1 aliphatic rings. The predicted molar refractivity (Wildman–Crippen MR) is 78.3 cm³/mol. The Balaban J connectivity index is 1.74. The van der Waals surface area contributed by atoms with Crippen LogP contribution in [0, 0.1) is 11.3 Å². The summed E-state index contributed by atoms with van der Waals surface area (Å²) in [7, 11) is 0. The molecule has 0 amide bonds. The van der Waals surface area contributed by atoms with Crippen LogP contribution in [0.1, 0.15) is 56.3 Å². The Bertz CT molecular complexity index is 427. The molecule has 0 N–H and O–H groups in total. The minimum atomic E-state index is 0.00892. The van der Waals surface area contributed by atoms with Gasteiger partial charge in [-0.05, 0) is 24.1 Å². The van der Waals surface area contributed by atoms with E-state index in [4.69, 9.17) is 14.7 Å². The fourth-order valence-electron chi connectivity index (χ4n) is 2.47. The van der Waals surface area contributed by atoms with Gasteiger partial charge < -0.3 is 9.47 Å². The van der Waals surface area contributed by atoms with Crippen LogP contribution >= 0.6 is 0 Å². The fraction of sp³-hybridized carbons (Fsp3) is 0.588. The molecular weight excluding hydrogens is 250 g/mol. The van der Waals surface area contributed by atoms with E-state index in [0.717, 1.165) is 12.0 Å². The quantitative estimate of drug-likeness (QED) is 0.736. The highest BCUT2D eigenvalue weighted by molar-refractivity contribution is 5.32. The molecule has 1 saturated heterocycles. The van der Waals surface area contributed by atoms with Crippen LogP contribution in [-0.4, -0.2) is 19.3 Å². The Labute approximate surface area is 121 Å². The van der Waals surface area contributed by atoms with Crippen molar-refractivity contribution in [3.8, 4) is 6.07 Å². The van der Waals surface area contributed by atoms with Gasteiger partial charge in [0.05, 0.1) is 31.0 Å². The number of hydrogen-bond donors (Lipinski definition) is 0. The van der Waals surface area contributed by atoms with Crippen molar-refractivity contribution >= 4 is 0 Å². The van der Waals surface area contributed by atoms with Gasteiger partial charge in [-0.25, -0.2) is 0 Å². The topological polar surface area (TPSA) is 42.2 Å². The molecule has 1 aromatic rings. The van der Waals surface area contributed by atoms with Crippen molar-refractivity contribution in [2.24, 2.45) is 0 Å². The molecule has 0 bridgehead atoms. The van der Waals surface area contributed by atoms with Crippen molar-refractivity contribution in [1.82, 2.24) is 0 Å². The third-order valence-electron chi connectivity index (χ3n) is 3.76. The monoisotopic (exact) mass is 273 g/mol. The zero-order chi connectivity index (χ0) is 14.2. The molecule has 2 rings (SSSR count). The maximum Gasteiger partial charge on any atom is 0.106 e. The highest BCUT2D eigenvalue weighted by Gasteiger charge is 2.23. The first kappa shape index (κ1) is 15.0. The molecule has 0 aromatic heterocycles. The second-order valence-electron chi connectivity index (χ2n) is 5.36. The molecular formula is C17H23NO2. The van der Waals surface area contributed by atoms with Gasteiger partial charge in [0.25, 0.3) is 0 Å². The molecule has 1 aliphatic heterocycles. The molecule has 3 heteroatoms. The van der Waals surface area contributed by atoms with E-state index in [1.807, 2.05) is 24.3 Å². The molecule has 0 spiro atoms. The van der Waals surface area contributed by atoms with Crippen LogP contribution in [0.25, 0.3) is 0 Å². The summed E-state index contributed by atoms with van der Waals surface area (Å²) >= 11 is 0. The van der Waals surface area contributed by atoms with E-state index in [1.54, 1.807) is 0 Å². The van der Waals surface area contributed by atoms with E-state index >= 15 is 0 Å². The first-order chi connectivity index (χ1) is 9.83. The summed E-state index contributed by atoms with van der Waals surface area (Å²) in [5, 5.41) is 8.79. The molecule has 0 saturated carbocycles. The number of benzene rings is 1. The molecule has 1 aromatic carbocycles. The number of unbranched alkanes of at least 4 members (excludes halogenated alkanes) is 3. The highest BCUT2D eigenvalue weighted by atomic mass is 16.6. The molecule has 20 heavy (non-hydrogen) atoms. The molecule has 0 unspecified atom stereocenters. The van der Waals surface area contributed by atoms with Crippen LogP contribution in [0.3, 0.4) is 0 Å². The summed E-state index contributed by atoms with van der Waals surface area (Å²) in [5.41, 5.74) is 1.77. The third-order valence-corrected chi connectivity index (χ3v) is 3.76. The van der Waals surface area contributed by atoms with Crippen LogP contribution in [0.2, 0.25) is 0 Å². The number of hydrogen-bond acceptors (Lipinski definition) is 3. The lowest BCUT2D eigenvalue weighted by atomic mass is 10.1. The van der Waals surface area contributed by atoms with Crippen LogP contribution in [0.15, 0.2) is 24.3 Å². The zero-order valence-corrected chi connectivity index (χ0v) is 12.2. The second kappa shape index (κ2) is 8.04. The van der Waals surface area contributed by atoms with Crippen molar-refractivity contribution in [3.05, 3.63) is 35.4 Å². The summed E-state index contributed by atoms with van der Waals surface area (Å²) in [6.45, 7) is 3.52. The van der Waals surface area contributed by atoms with Crippen molar-refractivity contribution in [2.45, 2.75) is 51.2 Å². The van der Waals surface area contributed by atoms with Crippen molar-refractivity contribution < 1.29 is 9.47 Å². The largest absolute Gasteiger partial charge is 0.373 e. The van der Waals surface area contributed by atoms with Crippen molar-refractivity contribution in [1.29, 1.82) is 5.26 Å². The summed E-state index contributed by atoms with van der Waals surface area (Å²) < 4.78 is 11.8. The van der Waals surface area contributed by atoms with E-state index < -0.39 is 0 Å². The lowest BCUT2D eigenvalue weighted by Gasteiger charge is -2.30. The van der Waals surface area contributed by atoms with E-state index in [9.17, 15) is 0 Å². The van der Waals surface area contributed by atoms with Gasteiger partial charge in [-0.3, -0.25) is 0 Å². The maximum absolute atomic E-state index is 8.79. The molecule has 3 nitrogen and oxygen atoms in total. The number of nitriles is 1. The van der Waals surface area contributed by atoms with Crippen LogP contribution in [0.4, 0.5) is 0 Å². The van der Waals surface area contributed by atoms with E-state index in [2.05, 4.69) is 13.0 Å². The van der Waals surface area contributed by atoms with Gasteiger partial charge in [-0.2, -0.15) is 5.26 Å². The number of ether oxygens (including phenoxy) is 2. The Morgan fingerprint density at radius 1 is 1.10 bits per heavy atom. The molecule has 108 valence electrons. The van der Waals surface area contributed by atoms with Crippen LogP contribution in [-0.2, 0) is 9.47 Å². The minimum Gasteiger partial charge on any atom is -0.373 e.